The fourth-order valence-electron chi connectivity index (χ4n) is 3.65. The molecule has 0 aromatic heterocycles. The van der Waals surface area contributed by atoms with E-state index >= 15 is 0 Å². The topological polar surface area (TPSA) is 86.3 Å². The van der Waals surface area contributed by atoms with Crippen molar-refractivity contribution in [3.05, 3.63) is 0 Å². The molecule has 178 valence electrons. The van der Waals surface area contributed by atoms with E-state index < -0.39 is 15.5 Å². The lowest BCUT2D eigenvalue weighted by Crippen LogP contribution is -2.50. The smallest absolute Gasteiger partial charge is 0.383 e. The minimum Gasteiger partial charge on any atom is -0.383 e. The van der Waals surface area contributed by atoms with Crippen molar-refractivity contribution in [2.24, 2.45) is 10.9 Å². The van der Waals surface area contributed by atoms with Gasteiger partial charge in [0.1, 0.15) is 0 Å². The molecule has 8 nitrogen and oxygen atoms in total. The number of guanidine groups is 1. The number of halogens is 4. The van der Waals surface area contributed by atoms with Crippen molar-refractivity contribution in [1.82, 2.24) is 19.8 Å². The summed E-state index contributed by atoms with van der Waals surface area (Å²) in [5.74, 6) is 0.773. The van der Waals surface area contributed by atoms with E-state index in [-0.39, 0.29) is 43.0 Å². The van der Waals surface area contributed by atoms with E-state index in [2.05, 4.69) is 20.5 Å². The van der Waals surface area contributed by atoms with Gasteiger partial charge in [0.25, 0.3) is 0 Å². The summed E-state index contributed by atoms with van der Waals surface area (Å²) in [6.07, 6.45) is 2.77. The van der Waals surface area contributed by atoms with Crippen molar-refractivity contribution in [2.45, 2.75) is 37.2 Å². The van der Waals surface area contributed by atoms with Gasteiger partial charge in [-0.3, -0.25) is 4.99 Å². The molecule has 2 heterocycles. The third kappa shape index (κ3) is 7.95. The molecule has 0 atom stereocenters. The number of aliphatic imine (C=N–C) groups is 1. The highest BCUT2D eigenvalue weighted by atomic mass is 127. The molecule has 2 rings (SSSR count). The molecule has 0 saturated carbocycles. The maximum absolute atomic E-state index is 12.6. The molecule has 13 heteroatoms. The number of methoxy groups -OCH3 is 1. The number of hydrogen-bond donors (Lipinski definition) is 2. The van der Waals surface area contributed by atoms with E-state index in [9.17, 15) is 21.6 Å². The number of ether oxygens (including phenoxy) is 1. The largest absolute Gasteiger partial charge is 0.511 e. The quantitative estimate of drug-likeness (QED) is 0.274. The summed E-state index contributed by atoms with van der Waals surface area (Å²) in [5, 5.41) is 6.63. The molecule has 2 saturated heterocycles. The van der Waals surface area contributed by atoms with Crippen molar-refractivity contribution >= 4 is 40.0 Å². The zero-order valence-electron chi connectivity index (χ0n) is 17.4. The summed E-state index contributed by atoms with van der Waals surface area (Å²) < 4.78 is 66.5. The summed E-state index contributed by atoms with van der Waals surface area (Å²) in [7, 11) is -1.84. The second-order valence-electron chi connectivity index (χ2n) is 7.50. The molecule has 0 aliphatic carbocycles. The second kappa shape index (κ2) is 12.6. The molecular weight excluding hydrogens is 538 g/mol. The van der Waals surface area contributed by atoms with Gasteiger partial charge in [0, 0.05) is 59.5 Å². The Bertz CT molecular complexity index is 635. The highest BCUT2D eigenvalue weighted by molar-refractivity contribution is 14.0. The van der Waals surface area contributed by atoms with Gasteiger partial charge < -0.3 is 20.3 Å². The number of rotatable bonds is 7. The maximum atomic E-state index is 12.6. The van der Waals surface area contributed by atoms with Gasteiger partial charge in [0.2, 0.25) is 0 Å². The average molecular weight is 571 g/mol. The minimum absolute atomic E-state index is 0. The average Bonchev–Trinajstić information content (AvgIpc) is 2.70. The molecule has 0 radical (unpaired) electrons. The van der Waals surface area contributed by atoms with Gasteiger partial charge >= 0.3 is 15.5 Å². The Balaban J connectivity index is 0.00000450. The van der Waals surface area contributed by atoms with E-state index in [1.165, 1.54) is 0 Å². The first-order valence-corrected chi connectivity index (χ1v) is 11.4. The van der Waals surface area contributed by atoms with Crippen LogP contribution in [0.2, 0.25) is 0 Å². The first kappa shape index (κ1) is 27.7. The highest BCUT2D eigenvalue weighted by Crippen LogP contribution is 2.30. The zero-order chi connectivity index (χ0) is 21.5. The van der Waals surface area contributed by atoms with Gasteiger partial charge in [-0.2, -0.15) is 17.5 Å². The number of piperidine rings is 2. The lowest BCUT2D eigenvalue weighted by Gasteiger charge is -2.34. The summed E-state index contributed by atoms with van der Waals surface area (Å²) in [6.45, 7) is 3.96. The first-order valence-electron chi connectivity index (χ1n) is 9.92. The fourth-order valence-corrected chi connectivity index (χ4v) is 4.63. The number of likely N-dealkylation sites (tertiary alicyclic amines) is 1. The van der Waals surface area contributed by atoms with E-state index in [4.69, 9.17) is 4.74 Å². The summed E-state index contributed by atoms with van der Waals surface area (Å²) in [5.41, 5.74) is -5.23. The Morgan fingerprint density at radius 3 is 2.23 bits per heavy atom. The van der Waals surface area contributed by atoms with Gasteiger partial charge in [-0.1, -0.05) is 0 Å². The minimum atomic E-state index is -5.23. The molecule has 2 aliphatic heterocycles. The van der Waals surface area contributed by atoms with Gasteiger partial charge in [-0.25, -0.2) is 8.42 Å². The van der Waals surface area contributed by atoms with Crippen LogP contribution >= 0.6 is 24.0 Å². The molecule has 0 amide bonds. The molecule has 2 aliphatic rings. The van der Waals surface area contributed by atoms with Gasteiger partial charge in [0.15, 0.2) is 5.96 Å². The van der Waals surface area contributed by atoms with Crippen LogP contribution in [-0.4, -0.2) is 95.2 Å². The molecule has 2 fully saturated rings. The lowest BCUT2D eigenvalue weighted by molar-refractivity contribution is -0.0496. The Morgan fingerprint density at radius 2 is 1.73 bits per heavy atom. The number of hydrogen-bond acceptors (Lipinski definition) is 5. The number of sulfonamides is 1. The third-order valence-corrected chi connectivity index (χ3v) is 7.16. The normalized spacial score (nSPS) is 21.3. The Labute approximate surface area is 194 Å². The molecule has 0 unspecified atom stereocenters. The van der Waals surface area contributed by atoms with Crippen LogP contribution in [-0.2, 0) is 14.8 Å². The summed E-state index contributed by atoms with van der Waals surface area (Å²) in [6, 6.07) is 0.318. The van der Waals surface area contributed by atoms with Crippen LogP contribution in [0.15, 0.2) is 4.99 Å². The molecule has 0 aromatic rings. The Kier molecular flexibility index (Phi) is 11.6. The molecule has 2 N–H and O–H groups in total. The lowest BCUT2D eigenvalue weighted by atomic mass is 9.98. The third-order valence-electron chi connectivity index (χ3n) is 5.53. The van der Waals surface area contributed by atoms with E-state index in [0.717, 1.165) is 39.1 Å². The van der Waals surface area contributed by atoms with Crippen LogP contribution in [0.1, 0.15) is 25.7 Å². The van der Waals surface area contributed by atoms with Crippen molar-refractivity contribution < 1.29 is 26.3 Å². The molecule has 0 bridgehead atoms. The number of nitrogens with one attached hydrogen (secondary N) is 2. The van der Waals surface area contributed by atoms with Crippen molar-refractivity contribution in [3.8, 4) is 0 Å². The molecular formula is C17H33F3IN5O3S. The van der Waals surface area contributed by atoms with E-state index in [1.807, 2.05) is 0 Å². The Hall–Kier alpha value is -0.380. The molecule has 30 heavy (non-hydrogen) atoms. The fraction of sp³-hybridized carbons (Fsp3) is 0.941. The summed E-state index contributed by atoms with van der Waals surface area (Å²) in [4.78, 5) is 6.59. The van der Waals surface area contributed by atoms with Crippen LogP contribution in [0.25, 0.3) is 0 Å². The predicted octanol–water partition coefficient (Wildman–Crippen LogP) is 1.44. The van der Waals surface area contributed by atoms with Crippen LogP contribution in [0.5, 0.6) is 0 Å². The van der Waals surface area contributed by atoms with Gasteiger partial charge in [0.05, 0.1) is 6.61 Å². The number of alkyl halides is 3. The highest BCUT2D eigenvalue weighted by Gasteiger charge is 2.50. The number of nitrogens with zero attached hydrogens (tertiary/aromatic N) is 3. The molecule has 0 spiro atoms. The molecule has 0 aromatic carbocycles. The van der Waals surface area contributed by atoms with Crippen LogP contribution < -0.4 is 10.6 Å². The van der Waals surface area contributed by atoms with Crippen LogP contribution in [0.4, 0.5) is 13.2 Å². The predicted molar refractivity (Wildman–Crippen MR) is 121 cm³/mol. The standard InChI is InChI=1S/C17H32F3N5O3S.HI/c1-21-16(23-15-5-7-24(8-6-15)11-12-28-2)22-13-14-3-9-25(10-4-14)29(26,27)17(18,19)20;/h14-15H,3-13H2,1-2H3,(H2,21,22,23);1H. The SMILES string of the molecule is CN=C(NCC1CCN(S(=O)(=O)C(F)(F)F)CC1)NC1CCN(CCOC)CC1.I. The van der Waals surface area contributed by atoms with E-state index in [0.29, 0.717) is 35.7 Å². The van der Waals surface area contributed by atoms with Crippen molar-refractivity contribution in [1.29, 1.82) is 0 Å². The summed E-state index contributed by atoms with van der Waals surface area (Å²) >= 11 is 0. The zero-order valence-corrected chi connectivity index (χ0v) is 20.6. The monoisotopic (exact) mass is 571 g/mol. The van der Waals surface area contributed by atoms with E-state index in [1.54, 1.807) is 14.2 Å². The maximum Gasteiger partial charge on any atom is 0.511 e. The van der Waals surface area contributed by atoms with Gasteiger partial charge in [-0.05, 0) is 31.6 Å². The first-order chi connectivity index (χ1) is 13.7. The van der Waals surface area contributed by atoms with Crippen molar-refractivity contribution in [3.63, 3.8) is 0 Å². The second-order valence-corrected chi connectivity index (χ2v) is 9.43. The van der Waals surface area contributed by atoms with Crippen LogP contribution in [0.3, 0.4) is 0 Å². The van der Waals surface area contributed by atoms with Gasteiger partial charge in [-0.15, -0.1) is 24.0 Å². The van der Waals surface area contributed by atoms with Crippen molar-refractivity contribution in [2.75, 3.05) is 60.0 Å². The van der Waals surface area contributed by atoms with Crippen LogP contribution in [0, 0.1) is 5.92 Å². The Morgan fingerprint density at radius 1 is 1.13 bits per heavy atom.